The van der Waals surface area contributed by atoms with Gasteiger partial charge in [-0.15, -0.1) is 0 Å². The minimum Gasteiger partial charge on any atom is -0.348 e. The number of alkyl halides is 3. The van der Waals surface area contributed by atoms with E-state index in [1.54, 1.807) is 16.7 Å². The second kappa shape index (κ2) is 5.89. The Morgan fingerprint density at radius 3 is 2.68 bits per heavy atom. The monoisotopic (exact) mass is 348 g/mol. The van der Waals surface area contributed by atoms with Gasteiger partial charge in [-0.05, 0) is 43.0 Å². The van der Waals surface area contributed by atoms with E-state index < -0.39 is 11.9 Å². The Hall–Kier alpha value is -2.31. The molecule has 4 nitrogen and oxygen atoms in total. The van der Waals surface area contributed by atoms with Crippen LogP contribution >= 0.6 is 0 Å². The summed E-state index contributed by atoms with van der Waals surface area (Å²) in [6, 6.07) is 5.37. The molecule has 0 spiro atoms. The van der Waals surface area contributed by atoms with Crippen LogP contribution in [0, 0.1) is 0 Å². The first kappa shape index (κ1) is 16.2. The highest BCUT2D eigenvalue weighted by atomic mass is 19.4. The van der Waals surface area contributed by atoms with E-state index in [0.29, 0.717) is 5.92 Å². The van der Waals surface area contributed by atoms with Crippen molar-refractivity contribution >= 4 is 5.65 Å². The maximum absolute atomic E-state index is 13.5. The summed E-state index contributed by atoms with van der Waals surface area (Å²) >= 11 is 0. The van der Waals surface area contributed by atoms with Crippen molar-refractivity contribution in [1.29, 1.82) is 0 Å². The highest BCUT2D eigenvalue weighted by molar-refractivity contribution is 5.43. The topological polar surface area (TPSA) is 35.1 Å². The van der Waals surface area contributed by atoms with Gasteiger partial charge >= 0.3 is 6.18 Å². The predicted molar refractivity (Wildman–Crippen MR) is 87.5 cm³/mol. The van der Waals surface area contributed by atoms with Gasteiger partial charge in [-0.2, -0.15) is 18.3 Å². The van der Waals surface area contributed by atoms with Gasteiger partial charge in [0.1, 0.15) is 0 Å². The number of rotatable bonds is 5. The largest absolute Gasteiger partial charge is 0.435 e. The van der Waals surface area contributed by atoms with Gasteiger partial charge in [0.15, 0.2) is 11.3 Å². The quantitative estimate of drug-likeness (QED) is 0.684. The molecule has 0 amide bonds. The maximum atomic E-state index is 13.5. The van der Waals surface area contributed by atoms with Gasteiger partial charge in [0.05, 0.1) is 17.9 Å². The molecule has 25 heavy (non-hydrogen) atoms. The Morgan fingerprint density at radius 2 is 2.00 bits per heavy atom. The molecule has 132 valence electrons. The third kappa shape index (κ3) is 3.15. The average Bonchev–Trinajstić information content (AvgIpc) is 3.22. The Labute approximate surface area is 143 Å². The summed E-state index contributed by atoms with van der Waals surface area (Å²) < 4.78 is 43.6. The van der Waals surface area contributed by atoms with E-state index in [1.165, 1.54) is 4.52 Å². The van der Waals surface area contributed by atoms with Crippen LogP contribution in [-0.4, -0.2) is 19.2 Å². The van der Waals surface area contributed by atoms with E-state index in [0.717, 1.165) is 36.9 Å². The van der Waals surface area contributed by atoms with Gasteiger partial charge in [0, 0.05) is 18.3 Å². The molecule has 0 aliphatic heterocycles. The van der Waals surface area contributed by atoms with Crippen LogP contribution < -0.4 is 0 Å². The molecule has 1 aliphatic carbocycles. The lowest BCUT2D eigenvalue weighted by molar-refractivity contribution is -0.141. The fourth-order valence-electron chi connectivity index (χ4n) is 3.16. The van der Waals surface area contributed by atoms with Crippen LogP contribution in [0.1, 0.15) is 54.7 Å². The molecular formula is C18H19F3N4. The fraction of sp³-hybridized carbons (Fsp3) is 0.444. The van der Waals surface area contributed by atoms with Gasteiger partial charge in [-0.1, -0.05) is 13.3 Å². The zero-order valence-electron chi connectivity index (χ0n) is 13.9. The third-order valence-corrected chi connectivity index (χ3v) is 4.54. The molecule has 1 aliphatic rings. The first-order valence-electron chi connectivity index (χ1n) is 8.56. The van der Waals surface area contributed by atoms with Crippen molar-refractivity contribution < 1.29 is 13.2 Å². The minimum atomic E-state index is -4.50. The SMILES string of the molecule is CCCc1ccn(Cc2c(C(F)(F)F)nc3ccc(C4CC4)nn23)c1. The molecule has 0 atom stereocenters. The van der Waals surface area contributed by atoms with Crippen LogP contribution in [0.5, 0.6) is 0 Å². The molecule has 4 rings (SSSR count). The molecule has 1 saturated carbocycles. The Morgan fingerprint density at radius 1 is 1.20 bits per heavy atom. The molecule has 0 bridgehead atoms. The van der Waals surface area contributed by atoms with Gasteiger partial charge < -0.3 is 4.57 Å². The number of hydrogen-bond acceptors (Lipinski definition) is 2. The molecule has 3 aromatic heterocycles. The molecular weight excluding hydrogens is 329 g/mol. The van der Waals surface area contributed by atoms with E-state index in [1.807, 2.05) is 18.5 Å². The van der Waals surface area contributed by atoms with Gasteiger partial charge in [-0.25, -0.2) is 9.50 Å². The highest BCUT2D eigenvalue weighted by Gasteiger charge is 2.38. The van der Waals surface area contributed by atoms with Crippen LogP contribution in [0.4, 0.5) is 13.2 Å². The minimum absolute atomic E-state index is 0.0867. The van der Waals surface area contributed by atoms with Crippen LogP contribution in [0.2, 0.25) is 0 Å². The molecule has 3 heterocycles. The van der Waals surface area contributed by atoms with E-state index in [4.69, 9.17) is 0 Å². The van der Waals surface area contributed by atoms with E-state index >= 15 is 0 Å². The second-order valence-electron chi connectivity index (χ2n) is 6.65. The molecule has 0 saturated heterocycles. The summed E-state index contributed by atoms with van der Waals surface area (Å²) in [6.07, 6.45) is 3.22. The zero-order chi connectivity index (χ0) is 17.6. The van der Waals surface area contributed by atoms with E-state index in [2.05, 4.69) is 17.0 Å². The molecule has 0 N–H and O–H groups in total. The first-order valence-corrected chi connectivity index (χ1v) is 8.56. The normalized spacial score (nSPS) is 15.2. The summed E-state index contributed by atoms with van der Waals surface area (Å²) in [5.74, 6) is 0.372. The van der Waals surface area contributed by atoms with Gasteiger partial charge in [0.2, 0.25) is 0 Å². The van der Waals surface area contributed by atoms with Crippen LogP contribution in [0.15, 0.2) is 30.6 Å². The van der Waals surface area contributed by atoms with Gasteiger partial charge in [0.25, 0.3) is 0 Å². The number of aryl methyl sites for hydroxylation is 1. The smallest absolute Gasteiger partial charge is 0.348 e. The summed E-state index contributed by atoms with van der Waals surface area (Å²) in [5, 5.41) is 4.45. The number of imidazole rings is 1. The highest BCUT2D eigenvalue weighted by Crippen LogP contribution is 2.39. The van der Waals surface area contributed by atoms with E-state index in [-0.39, 0.29) is 17.9 Å². The lowest BCUT2D eigenvalue weighted by Gasteiger charge is -2.09. The number of fused-ring (bicyclic) bond motifs is 1. The molecule has 1 fully saturated rings. The van der Waals surface area contributed by atoms with Crippen molar-refractivity contribution in [3.05, 3.63) is 53.2 Å². The molecule has 0 unspecified atom stereocenters. The van der Waals surface area contributed by atoms with Crippen LogP contribution in [-0.2, 0) is 19.1 Å². The zero-order valence-corrected chi connectivity index (χ0v) is 13.9. The predicted octanol–water partition coefficient (Wildman–Crippen LogP) is 4.43. The van der Waals surface area contributed by atoms with Gasteiger partial charge in [-0.3, -0.25) is 0 Å². The second-order valence-corrected chi connectivity index (χ2v) is 6.65. The Bertz CT molecular complexity index is 903. The Balaban J connectivity index is 1.78. The standard InChI is InChI=1S/C18H19F3N4/c1-2-3-12-8-9-24(10-12)11-15-17(18(19,20)21)22-16-7-6-14(13-4-5-13)23-25(15)16/h6-10,13H,2-5,11H2,1H3. The van der Waals surface area contributed by atoms with Crippen molar-refractivity contribution in [3.63, 3.8) is 0 Å². The molecule has 0 radical (unpaired) electrons. The number of nitrogens with zero attached hydrogens (tertiary/aromatic N) is 4. The van der Waals surface area contributed by atoms with Crippen molar-refractivity contribution in [3.8, 4) is 0 Å². The maximum Gasteiger partial charge on any atom is 0.435 e. The summed E-state index contributed by atoms with van der Waals surface area (Å²) in [5.41, 5.74) is 1.45. The number of hydrogen-bond donors (Lipinski definition) is 0. The summed E-state index contributed by atoms with van der Waals surface area (Å²) in [4.78, 5) is 3.81. The lowest BCUT2D eigenvalue weighted by atomic mass is 10.2. The molecule has 3 aromatic rings. The van der Waals surface area contributed by atoms with Crippen LogP contribution in [0.3, 0.4) is 0 Å². The molecule has 7 heteroatoms. The van der Waals surface area contributed by atoms with Crippen LogP contribution in [0.25, 0.3) is 5.65 Å². The number of halogens is 3. The average molecular weight is 348 g/mol. The van der Waals surface area contributed by atoms with E-state index in [9.17, 15) is 13.2 Å². The summed E-state index contributed by atoms with van der Waals surface area (Å²) in [6.45, 7) is 2.17. The van der Waals surface area contributed by atoms with Crippen molar-refractivity contribution in [2.24, 2.45) is 0 Å². The fourth-order valence-corrected chi connectivity index (χ4v) is 3.16. The van der Waals surface area contributed by atoms with Crippen molar-refractivity contribution in [2.45, 2.75) is 51.2 Å². The lowest BCUT2D eigenvalue weighted by Crippen LogP contribution is -2.13. The first-order chi connectivity index (χ1) is 12.0. The summed E-state index contributed by atoms with van der Waals surface area (Å²) in [7, 11) is 0. The number of aromatic nitrogens is 4. The van der Waals surface area contributed by atoms with Crippen molar-refractivity contribution in [2.75, 3.05) is 0 Å². The Kier molecular flexibility index (Phi) is 3.81. The third-order valence-electron chi connectivity index (χ3n) is 4.54. The molecule has 0 aromatic carbocycles. The van der Waals surface area contributed by atoms with Crippen molar-refractivity contribution in [1.82, 2.24) is 19.2 Å².